The standard InChI is InChI=1S/C10H11BrN2O3/c1-16-10(15)9(12)2-6-3-13-4-8(11)7(6)5-14/h3-5,9H,2,12H2,1H3/t9-/m0/s1. The zero-order chi connectivity index (χ0) is 12.1. The fraction of sp³-hybridized carbons (Fsp3) is 0.300. The molecule has 0 amide bonds. The monoisotopic (exact) mass is 286 g/mol. The molecule has 6 heteroatoms. The summed E-state index contributed by atoms with van der Waals surface area (Å²) in [6.07, 6.45) is 3.94. The van der Waals surface area contributed by atoms with Crippen molar-refractivity contribution in [1.29, 1.82) is 0 Å². The Morgan fingerprint density at radius 1 is 1.69 bits per heavy atom. The topological polar surface area (TPSA) is 82.3 Å². The number of carbonyl (C=O) groups is 2. The fourth-order valence-electron chi connectivity index (χ4n) is 1.25. The van der Waals surface area contributed by atoms with Gasteiger partial charge in [-0.3, -0.25) is 14.6 Å². The number of hydrogen-bond donors (Lipinski definition) is 1. The quantitative estimate of drug-likeness (QED) is 0.651. The zero-order valence-corrected chi connectivity index (χ0v) is 10.2. The number of aromatic nitrogens is 1. The molecule has 0 fully saturated rings. The summed E-state index contributed by atoms with van der Waals surface area (Å²) in [4.78, 5) is 25.9. The van der Waals surface area contributed by atoms with Crippen molar-refractivity contribution in [2.24, 2.45) is 5.73 Å². The summed E-state index contributed by atoms with van der Waals surface area (Å²) in [5, 5.41) is 0. The largest absolute Gasteiger partial charge is 0.468 e. The van der Waals surface area contributed by atoms with Crippen LogP contribution in [-0.4, -0.2) is 30.4 Å². The summed E-state index contributed by atoms with van der Waals surface area (Å²) in [6.45, 7) is 0. The van der Waals surface area contributed by atoms with E-state index in [0.717, 1.165) is 0 Å². The van der Waals surface area contributed by atoms with Gasteiger partial charge in [-0.1, -0.05) is 0 Å². The van der Waals surface area contributed by atoms with Crippen LogP contribution in [0.3, 0.4) is 0 Å². The maximum Gasteiger partial charge on any atom is 0.322 e. The first-order chi connectivity index (χ1) is 7.60. The van der Waals surface area contributed by atoms with Crippen LogP contribution in [0, 0.1) is 0 Å². The lowest BCUT2D eigenvalue weighted by atomic mass is 10.0. The van der Waals surface area contributed by atoms with Crippen molar-refractivity contribution in [2.75, 3.05) is 7.11 Å². The lowest BCUT2D eigenvalue weighted by molar-refractivity contribution is -0.142. The Morgan fingerprint density at radius 3 is 2.94 bits per heavy atom. The van der Waals surface area contributed by atoms with Crippen LogP contribution in [0.1, 0.15) is 15.9 Å². The highest BCUT2D eigenvalue weighted by atomic mass is 79.9. The average Bonchev–Trinajstić information content (AvgIpc) is 2.28. The Labute approximate surface area is 101 Å². The number of halogens is 1. The minimum Gasteiger partial charge on any atom is -0.468 e. The molecule has 0 aliphatic carbocycles. The minimum atomic E-state index is -0.792. The van der Waals surface area contributed by atoms with Gasteiger partial charge in [0.25, 0.3) is 0 Å². The van der Waals surface area contributed by atoms with Crippen molar-refractivity contribution in [3.05, 3.63) is 28.0 Å². The van der Waals surface area contributed by atoms with E-state index in [1.54, 1.807) is 0 Å². The summed E-state index contributed by atoms with van der Waals surface area (Å²) >= 11 is 3.20. The Morgan fingerprint density at radius 2 is 2.38 bits per heavy atom. The highest BCUT2D eigenvalue weighted by Crippen LogP contribution is 2.18. The number of aldehydes is 1. The third-order valence-corrected chi connectivity index (χ3v) is 2.72. The molecule has 0 aromatic carbocycles. The van der Waals surface area contributed by atoms with Crippen LogP contribution in [0.4, 0.5) is 0 Å². The predicted molar refractivity (Wildman–Crippen MR) is 61.0 cm³/mol. The molecule has 1 atom stereocenters. The lowest BCUT2D eigenvalue weighted by Gasteiger charge is -2.10. The van der Waals surface area contributed by atoms with E-state index in [-0.39, 0.29) is 6.42 Å². The van der Waals surface area contributed by atoms with E-state index in [1.165, 1.54) is 19.5 Å². The molecule has 0 bridgehead atoms. The number of nitrogens with two attached hydrogens (primary N) is 1. The average molecular weight is 287 g/mol. The highest BCUT2D eigenvalue weighted by molar-refractivity contribution is 9.10. The van der Waals surface area contributed by atoms with Gasteiger partial charge < -0.3 is 10.5 Å². The number of rotatable bonds is 4. The van der Waals surface area contributed by atoms with E-state index in [9.17, 15) is 9.59 Å². The van der Waals surface area contributed by atoms with E-state index >= 15 is 0 Å². The summed E-state index contributed by atoms with van der Waals surface area (Å²) in [5.41, 5.74) is 6.67. The lowest BCUT2D eigenvalue weighted by Crippen LogP contribution is -2.34. The summed E-state index contributed by atoms with van der Waals surface area (Å²) in [7, 11) is 1.27. The minimum absolute atomic E-state index is 0.215. The van der Waals surface area contributed by atoms with Gasteiger partial charge in [-0.05, 0) is 21.5 Å². The molecule has 0 spiro atoms. The van der Waals surface area contributed by atoms with Crippen molar-refractivity contribution in [1.82, 2.24) is 4.98 Å². The maximum atomic E-state index is 11.1. The molecule has 1 heterocycles. The van der Waals surface area contributed by atoms with Gasteiger partial charge in [0, 0.05) is 28.9 Å². The smallest absolute Gasteiger partial charge is 0.322 e. The summed E-state index contributed by atoms with van der Waals surface area (Å²) < 4.78 is 5.08. The van der Waals surface area contributed by atoms with Gasteiger partial charge in [0.05, 0.1) is 7.11 Å². The molecule has 0 radical (unpaired) electrons. The second-order valence-corrected chi connectivity index (χ2v) is 4.00. The molecular weight excluding hydrogens is 276 g/mol. The van der Waals surface area contributed by atoms with Crippen molar-refractivity contribution < 1.29 is 14.3 Å². The molecule has 5 nitrogen and oxygen atoms in total. The number of hydrogen-bond acceptors (Lipinski definition) is 5. The zero-order valence-electron chi connectivity index (χ0n) is 8.64. The molecule has 1 rings (SSSR count). The van der Waals surface area contributed by atoms with E-state index in [0.29, 0.717) is 21.9 Å². The van der Waals surface area contributed by atoms with Gasteiger partial charge in [-0.15, -0.1) is 0 Å². The van der Waals surface area contributed by atoms with Crippen molar-refractivity contribution in [2.45, 2.75) is 12.5 Å². The Hall–Kier alpha value is -1.27. The first kappa shape index (κ1) is 12.8. The first-order valence-electron chi connectivity index (χ1n) is 4.51. The van der Waals surface area contributed by atoms with Crippen LogP contribution >= 0.6 is 15.9 Å². The van der Waals surface area contributed by atoms with E-state index in [4.69, 9.17) is 5.73 Å². The summed E-state index contributed by atoms with van der Waals surface area (Å²) in [5.74, 6) is -0.517. The number of ether oxygens (including phenoxy) is 1. The molecule has 1 aromatic rings. The van der Waals surface area contributed by atoms with Crippen LogP contribution in [0.2, 0.25) is 0 Å². The second kappa shape index (κ2) is 5.72. The van der Waals surface area contributed by atoms with Gasteiger partial charge in [0.15, 0.2) is 6.29 Å². The van der Waals surface area contributed by atoms with Gasteiger partial charge in [0.2, 0.25) is 0 Å². The predicted octanol–water partition coefficient (Wildman–Crippen LogP) is 0.699. The van der Waals surface area contributed by atoms with Crippen LogP contribution in [0.25, 0.3) is 0 Å². The Bertz CT molecular complexity index is 409. The van der Waals surface area contributed by atoms with E-state index in [1.807, 2.05) is 0 Å². The van der Waals surface area contributed by atoms with E-state index in [2.05, 4.69) is 25.7 Å². The molecule has 1 aromatic heterocycles. The fourth-order valence-corrected chi connectivity index (χ4v) is 1.72. The molecule has 0 saturated carbocycles. The Kier molecular flexibility index (Phi) is 4.57. The Balaban J connectivity index is 2.93. The molecule has 16 heavy (non-hydrogen) atoms. The number of nitrogens with zero attached hydrogens (tertiary/aromatic N) is 1. The third kappa shape index (κ3) is 2.86. The molecule has 86 valence electrons. The van der Waals surface area contributed by atoms with Crippen molar-refractivity contribution in [3.8, 4) is 0 Å². The maximum absolute atomic E-state index is 11.1. The van der Waals surface area contributed by atoms with Crippen LogP contribution in [0.15, 0.2) is 16.9 Å². The normalized spacial score (nSPS) is 11.9. The van der Waals surface area contributed by atoms with Crippen LogP contribution < -0.4 is 5.73 Å². The molecular formula is C10H11BrN2O3. The summed E-state index contributed by atoms with van der Waals surface area (Å²) in [6, 6.07) is -0.792. The molecule has 2 N–H and O–H groups in total. The van der Waals surface area contributed by atoms with Crippen molar-refractivity contribution >= 4 is 28.2 Å². The number of pyridine rings is 1. The number of methoxy groups -OCH3 is 1. The third-order valence-electron chi connectivity index (χ3n) is 2.08. The second-order valence-electron chi connectivity index (χ2n) is 3.15. The van der Waals surface area contributed by atoms with Gasteiger partial charge in [-0.2, -0.15) is 0 Å². The van der Waals surface area contributed by atoms with Crippen LogP contribution in [-0.2, 0) is 16.0 Å². The van der Waals surface area contributed by atoms with Gasteiger partial charge >= 0.3 is 5.97 Å². The van der Waals surface area contributed by atoms with Crippen LogP contribution in [0.5, 0.6) is 0 Å². The molecule has 0 aliphatic rings. The highest BCUT2D eigenvalue weighted by Gasteiger charge is 2.17. The molecule has 0 unspecified atom stereocenters. The number of esters is 1. The van der Waals surface area contributed by atoms with Gasteiger partial charge in [0.1, 0.15) is 6.04 Å². The van der Waals surface area contributed by atoms with Gasteiger partial charge in [-0.25, -0.2) is 0 Å². The SMILES string of the molecule is COC(=O)[C@@H](N)Cc1cncc(Br)c1C=O. The van der Waals surface area contributed by atoms with Crippen molar-refractivity contribution in [3.63, 3.8) is 0 Å². The first-order valence-corrected chi connectivity index (χ1v) is 5.30. The molecule has 0 aliphatic heterocycles. The van der Waals surface area contributed by atoms with E-state index < -0.39 is 12.0 Å². The number of carbonyl (C=O) groups excluding carboxylic acids is 2. The molecule has 0 saturated heterocycles.